The third-order valence-electron chi connectivity index (χ3n) is 2.59. The van der Waals surface area contributed by atoms with E-state index in [9.17, 15) is 18.4 Å². The summed E-state index contributed by atoms with van der Waals surface area (Å²) < 4.78 is 24.1. The van der Waals surface area contributed by atoms with Crippen LogP contribution in [0.15, 0.2) is 4.79 Å². The second kappa shape index (κ2) is 6.37. The zero-order valence-electron chi connectivity index (χ0n) is 10.5. The Morgan fingerprint density at radius 3 is 2.63 bits per heavy atom. The molecule has 1 atom stereocenters. The van der Waals surface area contributed by atoms with Crippen molar-refractivity contribution < 1.29 is 18.7 Å². The number of hydrogen-bond donors (Lipinski definition) is 3. The number of aromatic nitrogens is 2. The molecular formula is C11H15F2N3O3. The fourth-order valence-corrected chi connectivity index (χ4v) is 1.55. The number of hydrogen-bond acceptors (Lipinski definition) is 4. The predicted molar refractivity (Wildman–Crippen MR) is 63.1 cm³/mol. The van der Waals surface area contributed by atoms with Crippen molar-refractivity contribution in [1.29, 1.82) is 0 Å². The lowest BCUT2D eigenvalue weighted by Crippen LogP contribution is -2.37. The van der Waals surface area contributed by atoms with Gasteiger partial charge in [-0.3, -0.25) is 4.79 Å². The van der Waals surface area contributed by atoms with Crippen LogP contribution in [0.1, 0.15) is 17.0 Å². The number of nitrogens with zero attached hydrogens (tertiary/aromatic N) is 1. The quantitative estimate of drug-likeness (QED) is 0.686. The minimum Gasteiger partial charge on any atom is -0.385 e. The number of carbonyl (C=O) groups excluding carboxylic acids is 1. The Bertz CT molecular complexity index is 490. The Morgan fingerprint density at radius 1 is 1.47 bits per heavy atom. The maximum absolute atomic E-state index is 12.0. The summed E-state index contributed by atoms with van der Waals surface area (Å²) in [5.41, 5.74) is 0.934. The minimum atomic E-state index is -2.90. The van der Waals surface area contributed by atoms with E-state index < -0.39 is 30.7 Å². The molecular weight excluding hydrogens is 260 g/mol. The monoisotopic (exact) mass is 275 g/mol. The van der Waals surface area contributed by atoms with Gasteiger partial charge in [-0.1, -0.05) is 0 Å². The summed E-state index contributed by atoms with van der Waals surface area (Å²) in [6.45, 7) is 2.68. The number of alkyl halides is 2. The molecule has 0 aliphatic rings. The Kier molecular flexibility index (Phi) is 5.11. The molecule has 0 saturated heterocycles. The second-order valence-electron chi connectivity index (χ2n) is 4.11. The van der Waals surface area contributed by atoms with Crippen molar-refractivity contribution in [3.8, 4) is 0 Å². The first kappa shape index (κ1) is 15.2. The number of aromatic amines is 1. The van der Waals surface area contributed by atoms with Crippen LogP contribution in [0.4, 0.5) is 8.78 Å². The molecule has 8 heteroatoms. The molecule has 0 aliphatic carbocycles. The average Bonchev–Trinajstić information content (AvgIpc) is 2.30. The molecule has 1 amide bonds. The highest BCUT2D eigenvalue weighted by molar-refractivity contribution is 5.79. The van der Waals surface area contributed by atoms with E-state index in [1.807, 2.05) is 0 Å². The van der Waals surface area contributed by atoms with Gasteiger partial charge in [0.25, 0.3) is 6.43 Å². The third kappa shape index (κ3) is 4.40. The van der Waals surface area contributed by atoms with Crippen LogP contribution in [0, 0.1) is 13.8 Å². The highest BCUT2D eigenvalue weighted by Gasteiger charge is 2.18. The maximum atomic E-state index is 12.0. The summed E-state index contributed by atoms with van der Waals surface area (Å²) in [7, 11) is 0. The average molecular weight is 275 g/mol. The number of amides is 1. The van der Waals surface area contributed by atoms with Gasteiger partial charge >= 0.3 is 5.69 Å². The normalized spacial score (nSPS) is 12.5. The van der Waals surface area contributed by atoms with Crippen molar-refractivity contribution >= 4 is 5.91 Å². The molecule has 1 aromatic heterocycles. The largest absolute Gasteiger partial charge is 0.385 e. The number of halogens is 2. The molecule has 0 spiro atoms. The van der Waals surface area contributed by atoms with Gasteiger partial charge in [0.05, 0.1) is 6.42 Å². The van der Waals surface area contributed by atoms with E-state index in [0.29, 0.717) is 17.0 Å². The third-order valence-corrected chi connectivity index (χ3v) is 2.59. The summed E-state index contributed by atoms with van der Waals surface area (Å²) >= 11 is 0. The van der Waals surface area contributed by atoms with Crippen molar-refractivity contribution in [2.45, 2.75) is 32.8 Å². The van der Waals surface area contributed by atoms with Gasteiger partial charge in [0.2, 0.25) is 5.91 Å². The predicted octanol–water partition coefficient (Wildman–Crippen LogP) is -0.329. The second-order valence-corrected chi connectivity index (χ2v) is 4.11. The summed E-state index contributed by atoms with van der Waals surface area (Å²) in [5, 5.41) is 11.1. The molecule has 1 rings (SSSR count). The van der Waals surface area contributed by atoms with Crippen LogP contribution in [-0.4, -0.2) is 40.1 Å². The van der Waals surface area contributed by atoms with Crippen LogP contribution in [0.2, 0.25) is 0 Å². The van der Waals surface area contributed by atoms with E-state index in [4.69, 9.17) is 5.11 Å². The van der Waals surface area contributed by atoms with Gasteiger partial charge in [-0.25, -0.2) is 13.6 Å². The highest BCUT2D eigenvalue weighted by atomic mass is 19.3. The zero-order valence-corrected chi connectivity index (χ0v) is 10.5. The molecule has 106 valence electrons. The molecule has 1 heterocycles. The molecule has 0 saturated carbocycles. The fourth-order valence-electron chi connectivity index (χ4n) is 1.55. The minimum absolute atomic E-state index is 0.0998. The van der Waals surface area contributed by atoms with Gasteiger partial charge < -0.3 is 15.4 Å². The van der Waals surface area contributed by atoms with Gasteiger partial charge in [0, 0.05) is 23.5 Å². The van der Waals surface area contributed by atoms with Crippen molar-refractivity contribution in [1.82, 2.24) is 15.3 Å². The Morgan fingerprint density at radius 2 is 2.11 bits per heavy atom. The number of rotatable bonds is 5. The lowest BCUT2D eigenvalue weighted by atomic mass is 10.1. The number of carbonyl (C=O) groups is 1. The van der Waals surface area contributed by atoms with E-state index in [-0.39, 0.29) is 6.42 Å². The lowest BCUT2D eigenvalue weighted by Gasteiger charge is -2.12. The maximum Gasteiger partial charge on any atom is 0.345 e. The SMILES string of the molecule is Cc1nc(=O)[nH]c(C)c1CC(=O)NCC(O)C(F)F. The Hall–Kier alpha value is -1.83. The first-order chi connectivity index (χ1) is 8.81. The number of nitrogens with one attached hydrogen (secondary N) is 2. The number of aliphatic hydroxyl groups excluding tert-OH is 1. The molecule has 19 heavy (non-hydrogen) atoms. The smallest absolute Gasteiger partial charge is 0.345 e. The van der Waals surface area contributed by atoms with Gasteiger partial charge in [-0.05, 0) is 13.8 Å². The molecule has 0 aromatic carbocycles. The van der Waals surface area contributed by atoms with E-state index in [2.05, 4.69) is 15.3 Å². The summed E-state index contributed by atoms with van der Waals surface area (Å²) in [4.78, 5) is 28.7. The molecule has 3 N–H and O–H groups in total. The zero-order chi connectivity index (χ0) is 14.6. The standard InChI is InChI=1S/C11H15F2N3O3/c1-5-7(6(2)16-11(19)15-5)3-9(18)14-4-8(17)10(12)13/h8,10,17H,3-4H2,1-2H3,(H,14,18)(H,15,16,19). The van der Waals surface area contributed by atoms with Crippen molar-refractivity contribution in [2.75, 3.05) is 6.54 Å². The van der Waals surface area contributed by atoms with Crippen molar-refractivity contribution in [3.05, 3.63) is 27.4 Å². The van der Waals surface area contributed by atoms with Crippen LogP contribution in [0.25, 0.3) is 0 Å². The van der Waals surface area contributed by atoms with Crippen LogP contribution >= 0.6 is 0 Å². The van der Waals surface area contributed by atoms with E-state index in [1.165, 1.54) is 0 Å². The van der Waals surface area contributed by atoms with Crippen molar-refractivity contribution in [3.63, 3.8) is 0 Å². The van der Waals surface area contributed by atoms with Crippen LogP contribution in [0.5, 0.6) is 0 Å². The number of H-pyrrole nitrogens is 1. The molecule has 6 nitrogen and oxygen atoms in total. The first-order valence-electron chi connectivity index (χ1n) is 5.60. The van der Waals surface area contributed by atoms with Crippen LogP contribution < -0.4 is 11.0 Å². The Balaban J connectivity index is 2.65. The van der Waals surface area contributed by atoms with E-state index in [1.54, 1.807) is 13.8 Å². The lowest BCUT2D eigenvalue weighted by molar-refractivity contribution is -0.121. The number of aryl methyl sites for hydroxylation is 2. The molecule has 0 fully saturated rings. The van der Waals surface area contributed by atoms with Gasteiger partial charge in [-0.15, -0.1) is 0 Å². The van der Waals surface area contributed by atoms with E-state index >= 15 is 0 Å². The first-order valence-corrected chi connectivity index (χ1v) is 5.60. The van der Waals surface area contributed by atoms with Crippen LogP contribution in [-0.2, 0) is 11.2 Å². The van der Waals surface area contributed by atoms with Gasteiger partial charge in [-0.2, -0.15) is 4.98 Å². The number of aliphatic hydroxyl groups is 1. The summed E-state index contributed by atoms with van der Waals surface area (Å²) in [6.07, 6.45) is -4.89. The molecule has 1 aromatic rings. The Labute approximate surface area is 107 Å². The van der Waals surface area contributed by atoms with Gasteiger partial charge in [0.15, 0.2) is 0 Å². The van der Waals surface area contributed by atoms with Gasteiger partial charge in [0.1, 0.15) is 6.10 Å². The molecule has 0 radical (unpaired) electrons. The molecule has 1 unspecified atom stereocenters. The van der Waals surface area contributed by atoms with E-state index in [0.717, 1.165) is 0 Å². The highest BCUT2D eigenvalue weighted by Crippen LogP contribution is 2.07. The molecule has 0 bridgehead atoms. The summed E-state index contributed by atoms with van der Waals surface area (Å²) in [6, 6.07) is 0. The summed E-state index contributed by atoms with van der Waals surface area (Å²) in [5.74, 6) is -0.528. The van der Waals surface area contributed by atoms with Crippen molar-refractivity contribution in [2.24, 2.45) is 0 Å². The molecule has 0 aliphatic heterocycles. The van der Waals surface area contributed by atoms with Crippen LogP contribution in [0.3, 0.4) is 0 Å². The topological polar surface area (TPSA) is 95.1 Å². The fraction of sp³-hybridized carbons (Fsp3) is 0.545.